The molecule has 3 nitrogen and oxygen atoms in total. The van der Waals surface area contributed by atoms with Gasteiger partial charge in [-0.2, -0.15) is 0 Å². The normalized spacial score (nSPS) is 21.1. The van der Waals surface area contributed by atoms with Gasteiger partial charge in [0.05, 0.1) is 12.6 Å². The van der Waals surface area contributed by atoms with E-state index in [9.17, 15) is 0 Å². The summed E-state index contributed by atoms with van der Waals surface area (Å²) < 4.78 is 5.42. The molecular weight excluding hydrogens is 208 g/mol. The minimum absolute atomic E-state index is 0.156. The number of rotatable bonds is 3. The fourth-order valence-electron chi connectivity index (χ4n) is 1.85. The molecule has 0 saturated carbocycles. The maximum Gasteiger partial charge on any atom is 0.0593 e. The molecule has 0 aliphatic carbocycles. The largest absolute Gasteiger partial charge is 0.380 e. The van der Waals surface area contributed by atoms with Crippen LogP contribution in [0.5, 0.6) is 0 Å². The Hall–Kier alpha value is -0.420. The van der Waals surface area contributed by atoms with Gasteiger partial charge >= 0.3 is 0 Å². The molecule has 0 spiro atoms. The summed E-state index contributed by atoms with van der Waals surface area (Å²) in [5, 5.41) is 2.08. The van der Waals surface area contributed by atoms with E-state index in [1.165, 1.54) is 4.88 Å². The topological polar surface area (TPSA) is 38.5 Å². The van der Waals surface area contributed by atoms with Crippen LogP contribution in [-0.4, -0.2) is 37.7 Å². The molecule has 1 aliphatic heterocycles. The van der Waals surface area contributed by atoms with Gasteiger partial charge in [0, 0.05) is 31.1 Å². The highest BCUT2D eigenvalue weighted by molar-refractivity contribution is 7.10. The van der Waals surface area contributed by atoms with Crippen LogP contribution in [0.4, 0.5) is 0 Å². The van der Waals surface area contributed by atoms with Crippen LogP contribution in [0, 0.1) is 0 Å². The second-order valence-electron chi connectivity index (χ2n) is 3.89. The Labute approximate surface area is 94.8 Å². The molecule has 1 fully saturated rings. The summed E-state index contributed by atoms with van der Waals surface area (Å²) in [6.45, 7) is 4.81. The zero-order valence-electron chi connectivity index (χ0n) is 8.89. The molecule has 4 heteroatoms. The number of hydrogen-bond donors (Lipinski definition) is 1. The molecule has 84 valence electrons. The third kappa shape index (κ3) is 3.28. The molecule has 1 aliphatic rings. The molecule has 0 radical (unpaired) electrons. The smallest absolute Gasteiger partial charge is 0.0593 e. The average Bonchev–Trinajstić information content (AvgIpc) is 2.65. The van der Waals surface area contributed by atoms with E-state index >= 15 is 0 Å². The minimum Gasteiger partial charge on any atom is -0.380 e. The number of ether oxygens (including phenoxy) is 1. The fourth-order valence-corrected chi connectivity index (χ4v) is 2.57. The first kappa shape index (κ1) is 11.1. The van der Waals surface area contributed by atoms with Gasteiger partial charge in [-0.15, -0.1) is 11.3 Å². The van der Waals surface area contributed by atoms with Crippen molar-refractivity contribution in [2.75, 3.05) is 32.8 Å². The highest BCUT2D eigenvalue weighted by Gasteiger charge is 2.14. The lowest BCUT2D eigenvalue weighted by Crippen LogP contribution is -2.33. The van der Waals surface area contributed by atoms with Crippen molar-refractivity contribution in [3.05, 3.63) is 22.4 Å². The van der Waals surface area contributed by atoms with Crippen molar-refractivity contribution in [2.24, 2.45) is 5.73 Å². The lowest BCUT2D eigenvalue weighted by molar-refractivity contribution is 0.140. The van der Waals surface area contributed by atoms with E-state index in [0.29, 0.717) is 0 Å². The molecule has 1 atom stereocenters. The Morgan fingerprint density at radius 2 is 2.40 bits per heavy atom. The molecule has 0 bridgehead atoms. The lowest BCUT2D eigenvalue weighted by atomic mass is 10.2. The predicted molar refractivity (Wildman–Crippen MR) is 63.1 cm³/mol. The van der Waals surface area contributed by atoms with Crippen molar-refractivity contribution in [3.63, 3.8) is 0 Å². The summed E-state index contributed by atoms with van der Waals surface area (Å²) in [4.78, 5) is 3.68. The standard InChI is InChI=1S/C11H18N2OS/c12-10(11-3-1-8-15-11)9-13-4-2-6-14-7-5-13/h1,3,8,10H,2,4-7,9,12H2. The second-order valence-corrected chi connectivity index (χ2v) is 4.87. The van der Waals surface area contributed by atoms with Gasteiger partial charge in [-0.3, -0.25) is 4.90 Å². The lowest BCUT2D eigenvalue weighted by Gasteiger charge is -2.22. The summed E-state index contributed by atoms with van der Waals surface area (Å²) in [6, 6.07) is 4.33. The minimum atomic E-state index is 0.156. The first-order valence-electron chi connectivity index (χ1n) is 5.45. The van der Waals surface area contributed by atoms with Crippen molar-refractivity contribution >= 4 is 11.3 Å². The van der Waals surface area contributed by atoms with Gasteiger partial charge in [-0.1, -0.05) is 6.07 Å². The van der Waals surface area contributed by atoms with E-state index in [0.717, 1.165) is 39.3 Å². The van der Waals surface area contributed by atoms with E-state index in [4.69, 9.17) is 10.5 Å². The first-order valence-corrected chi connectivity index (χ1v) is 6.33. The van der Waals surface area contributed by atoms with E-state index in [1.54, 1.807) is 11.3 Å². The van der Waals surface area contributed by atoms with E-state index in [1.807, 2.05) is 0 Å². The third-order valence-corrected chi connectivity index (χ3v) is 3.68. The molecule has 1 saturated heterocycles. The number of nitrogens with two attached hydrogens (primary N) is 1. The van der Waals surface area contributed by atoms with Crippen molar-refractivity contribution < 1.29 is 4.74 Å². The zero-order chi connectivity index (χ0) is 10.5. The molecule has 0 aromatic carbocycles. The molecule has 1 aromatic rings. The van der Waals surface area contributed by atoms with Crippen LogP contribution in [0.15, 0.2) is 17.5 Å². The van der Waals surface area contributed by atoms with E-state index in [2.05, 4.69) is 22.4 Å². The van der Waals surface area contributed by atoms with Gasteiger partial charge < -0.3 is 10.5 Å². The predicted octanol–water partition coefficient (Wildman–Crippen LogP) is 1.47. The van der Waals surface area contributed by atoms with Crippen molar-refractivity contribution in [2.45, 2.75) is 12.5 Å². The second kappa shape index (κ2) is 5.61. The zero-order valence-corrected chi connectivity index (χ0v) is 9.71. The number of nitrogens with zero attached hydrogens (tertiary/aromatic N) is 1. The SMILES string of the molecule is NC(CN1CCCOCC1)c1cccs1. The van der Waals surface area contributed by atoms with Gasteiger partial charge in [0.25, 0.3) is 0 Å². The van der Waals surface area contributed by atoms with Crippen LogP contribution in [0.1, 0.15) is 17.3 Å². The van der Waals surface area contributed by atoms with Gasteiger partial charge in [0.1, 0.15) is 0 Å². The number of thiophene rings is 1. The Bertz CT molecular complexity index is 268. The molecule has 0 amide bonds. The van der Waals surface area contributed by atoms with Crippen LogP contribution in [0.25, 0.3) is 0 Å². The molecular formula is C11H18N2OS. The van der Waals surface area contributed by atoms with Crippen molar-refractivity contribution in [1.82, 2.24) is 4.90 Å². The van der Waals surface area contributed by atoms with Gasteiger partial charge in [-0.05, 0) is 17.9 Å². The van der Waals surface area contributed by atoms with Crippen LogP contribution in [0.2, 0.25) is 0 Å². The molecule has 2 N–H and O–H groups in total. The van der Waals surface area contributed by atoms with Gasteiger partial charge in [0.15, 0.2) is 0 Å². The Kier molecular flexibility index (Phi) is 4.14. The molecule has 2 heterocycles. The van der Waals surface area contributed by atoms with Crippen LogP contribution < -0.4 is 5.73 Å². The van der Waals surface area contributed by atoms with Crippen molar-refractivity contribution in [1.29, 1.82) is 0 Å². The van der Waals surface area contributed by atoms with Crippen LogP contribution in [0.3, 0.4) is 0 Å². The summed E-state index contributed by atoms with van der Waals surface area (Å²) in [5.41, 5.74) is 6.15. The van der Waals surface area contributed by atoms with Crippen LogP contribution in [-0.2, 0) is 4.74 Å². The highest BCUT2D eigenvalue weighted by Crippen LogP contribution is 2.18. The number of hydrogen-bond acceptors (Lipinski definition) is 4. The van der Waals surface area contributed by atoms with Crippen molar-refractivity contribution in [3.8, 4) is 0 Å². The van der Waals surface area contributed by atoms with Gasteiger partial charge in [-0.25, -0.2) is 0 Å². The maximum atomic E-state index is 6.15. The summed E-state index contributed by atoms with van der Waals surface area (Å²) in [6.07, 6.45) is 1.12. The van der Waals surface area contributed by atoms with E-state index in [-0.39, 0.29) is 6.04 Å². The third-order valence-electron chi connectivity index (χ3n) is 2.68. The maximum absolute atomic E-state index is 6.15. The highest BCUT2D eigenvalue weighted by atomic mass is 32.1. The fraction of sp³-hybridized carbons (Fsp3) is 0.636. The van der Waals surface area contributed by atoms with Gasteiger partial charge in [0.2, 0.25) is 0 Å². The Balaban J connectivity index is 1.84. The van der Waals surface area contributed by atoms with E-state index < -0.39 is 0 Å². The Morgan fingerprint density at radius 1 is 1.47 bits per heavy atom. The molecule has 1 aromatic heterocycles. The summed E-state index contributed by atoms with van der Waals surface area (Å²) in [5.74, 6) is 0. The monoisotopic (exact) mass is 226 g/mol. The molecule has 1 unspecified atom stereocenters. The molecule has 2 rings (SSSR count). The van der Waals surface area contributed by atoms with Crippen LogP contribution >= 0.6 is 11.3 Å². The Morgan fingerprint density at radius 3 is 3.20 bits per heavy atom. The quantitative estimate of drug-likeness (QED) is 0.848. The average molecular weight is 226 g/mol. The molecule has 15 heavy (non-hydrogen) atoms. The first-order chi connectivity index (χ1) is 7.36. The summed E-state index contributed by atoms with van der Waals surface area (Å²) in [7, 11) is 0. The summed E-state index contributed by atoms with van der Waals surface area (Å²) >= 11 is 1.74.